The molecule has 0 radical (unpaired) electrons. The molecule has 1 rings (SSSR count). The van der Waals surface area contributed by atoms with Gasteiger partial charge in [-0.2, -0.15) is 0 Å². The van der Waals surface area contributed by atoms with E-state index in [0.717, 1.165) is 10.9 Å². The lowest BCUT2D eigenvalue weighted by molar-refractivity contribution is 0.606. The first-order valence-corrected chi connectivity index (χ1v) is 5.72. The highest BCUT2D eigenvalue weighted by Crippen LogP contribution is 2.32. The number of hydrogen-bond acceptors (Lipinski definition) is 1. The molecule has 0 aliphatic heterocycles. The number of nitrogens with zero attached hydrogens (tertiary/aromatic N) is 1. The molecule has 72 valence electrons. The van der Waals surface area contributed by atoms with Crippen LogP contribution in [-0.2, 0) is 5.41 Å². The summed E-state index contributed by atoms with van der Waals surface area (Å²) in [5.74, 6) is 0. The molecule has 1 heterocycles. The normalized spacial score (nSPS) is 11.8. The van der Waals surface area contributed by atoms with E-state index in [1.165, 1.54) is 0 Å². The lowest BCUT2D eigenvalue weighted by atomic mass is 9.88. The summed E-state index contributed by atoms with van der Waals surface area (Å²) in [5, 5.41) is 1.97. The quantitative estimate of drug-likeness (QED) is 0.589. The van der Waals surface area contributed by atoms with E-state index in [2.05, 4.69) is 34.8 Å². The zero-order valence-electron chi connectivity index (χ0n) is 7.44. The van der Waals surface area contributed by atoms with Crippen LogP contribution in [0.2, 0.25) is 10.2 Å². The highest BCUT2D eigenvalue weighted by atomic mass is 79.9. The van der Waals surface area contributed by atoms with Crippen molar-refractivity contribution in [2.75, 3.05) is 5.33 Å². The van der Waals surface area contributed by atoms with E-state index in [4.69, 9.17) is 23.2 Å². The van der Waals surface area contributed by atoms with Gasteiger partial charge in [-0.05, 0) is 11.6 Å². The third-order valence-corrected chi connectivity index (χ3v) is 3.79. The minimum atomic E-state index is -0.0241. The Morgan fingerprint density at radius 1 is 1.46 bits per heavy atom. The Labute approximate surface area is 96.6 Å². The molecule has 0 aliphatic carbocycles. The summed E-state index contributed by atoms with van der Waals surface area (Å²) in [5.41, 5.74) is 0.995. The summed E-state index contributed by atoms with van der Waals surface area (Å²) in [6, 6.07) is 1.81. The molecule has 0 aliphatic rings. The van der Waals surface area contributed by atoms with Crippen molar-refractivity contribution in [3.8, 4) is 0 Å². The average molecular weight is 283 g/mol. The predicted octanol–water partition coefficient (Wildman–Crippen LogP) is 4.06. The lowest BCUT2D eigenvalue weighted by Gasteiger charge is -2.23. The molecule has 13 heavy (non-hydrogen) atoms. The van der Waals surface area contributed by atoms with E-state index in [1.807, 2.05) is 6.07 Å². The van der Waals surface area contributed by atoms with Gasteiger partial charge in [-0.1, -0.05) is 53.0 Å². The third-order valence-electron chi connectivity index (χ3n) is 1.89. The first-order chi connectivity index (χ1) is 5.97. The highest BCUT2D eigenvalue weighted by molar-refractivity contribution is 9.09. The van der Waals surface area contributed by atoms with Crippen molar-refractivity contribution in [3.05, 3.63) is 28.0 Å². The Balaban J connectivity index is 3.20. The molecule has 0 bridgehead atoms. The monoisotopic (exact) mass is 281 g/mol. The summed E-state index contributed by atoms with van der Waals surface area (Å²) < 4.78 is 0. The van der Waals surface area contributed by atoms with E-state index in [1.54, 1.807) is 6.20 Å². The number of halogens is 3. The molecule has 0 atom stereocenters. The Kier molecular flexibility index (Phi) is 3.61. The fourth-order valence-electron chi connectivity index (χ4n) is 1.00. The van der Waals surface area contributed by atoms with Gasteiger partial charge in [0.1, 0.15) is 5.15 Å². The first-order valence-electron chi connectivity index (χ1n) is 3.85. The maximum atomic E-state index is 6.02. The Morgan fingerprint density at radius 3 is 2.62 bits per heavy atom. The van der Waals surface area contributed by atoms with Crippen LogP contribution in [0.4, 0.5) is 0 Å². The Bertz CT molecular complexity index is 312. The van der Waals surface area contributed by atoms with E-state index in [0.29, 0.717) is 10.2 Å². The van der Waals surface area contributed by atoms with Crippen molar-refractivity contribution >= 4 is 39.1 Å². The number of pyridine rings is 1. The maximum Gasteiger partial charge on any atom is 0.129 e. The van der Waals surface area contributed by atoms with Gasteiger partial charge in [0.25, 0.3) is 0 Å². The molecule has 0 saturated carbocycles. The summed E-state index contributed by atoms with van der Waals surface area (Å²) in [6.45, 7) is 4.19. The maximum absolute atomic E-state index is 6.02. The van der Waals surface area contributed by atoms with Gasteiger partial charge in [-0.3, -0.25) is 0 Å². The van der Waals surface area contributed by atoms with E-state index in [9.17, 15) is 0 Å². The molecule has 0 unspecified atom stereocenters. The summed E-state index contributed by atoms with van der Waals surface area (Å²) in [6.07, 6.45) is 1.59. The predicted molar refractivity (Wildman–Crippen MR) is 61.1 cm³/mol. The van der Waals surface area contributed by atoms with Crippen LogP contribution in [0.15, 0.2) is 12.3 Å². The average Bonchev–Trinajstić information content (AvgIpc) is 2.09. The van der Waals surface area contributed by atoms with Gasteiger partial charge in [0.05, 0.1) is 5.02 Å². The van der Waals surface area contributed by atoms with Crippen molar-refractivity contribution in [3.63, 3.8) is 0 Å². The molecule has 1 aromatic rings. The van der Waals surface area contributed by atoms with Gasteiger partial charge in [0, 0.05) is 16.9 Å². The van der Waals surface area contributed by atoms with Crippen molar-refractivity contribution in [1.29, 1.82) is 0 Å². The van der Waals surface area contributed by atoms with E-state index >= 15 is 0 Å². The van der Waals surface area contributed by atoms with E-state index < -0.39 is 0 Å². The largest absolute Gasteiger partial charge is 0.243 e. The molecule has 0 spiro atoms. The van der Waals surface area contributed by atoms with Gasteiger partial charge >= 0.3 is 0 Å². The van der Waals surface area contributed by atoms with Crippen LogP contribution < -0.4 is 0 Å². The molecular weight excluding hydrogens is 273 g/mol. The molecule has 0 N–H and O–H groups in total. The van der Waals surface area contributed by atoms with Crippen LogP contribution in [0.1, 0.15) is 19.4 Å². The number of aromatic nitrogens is 1. The molecule has 0 saturated heterocycles. The van der Waals surface area contributed by atoms with Gasteiger partial charge < -0.3 is 0 Å². The second kappa shape index (κ2) is 4.16. The van der Waals surface area contributed by atoms with Gasteiger partial charge in [-0.25, -0.2) is 4.98 Å². The fraction of sp³-hybridized carbons (Fsp3) is 0.444. The second-order valence-corrected chi connectivity index (χ2v) is 4.86. The molecule has 0 amide bonds. The topological polar surface area (TPSA) is 12.9 Å². The summed E-state index contributed by atoms with van der Waals surface area (Å²) in [7, 11) is 0. The first kappa shape index (κ1) is 11.3. The summed E-state index contributed by atoms with van der Waals surface area (Å²) >= 11 is 15.3. The van der Waals surface area contributed by atoms with Crippen LogP contribution in [-0.4, -0.2) is 10.3 Å². The van der Waals surface area contributed by atoms with Crippen molar-refractivity contribution < 1.29 is 0 Å². The molecule has 4 heteroatoms. The van der Waals surface area contributed by atoms with Crippen LogP contribution in [0.3, 0.4) is 0 Å². The molecule has 1 aromatic heterocycles. The molecular formula is C9H10BrCl2N. The van der Waals surface area contributed by atoms with Crippen molar-refractivity contribution in [2.45, 2.75) is 19.3 Å². The third kappa shape index (κ3) is 2.58. The van der Waals surface area contributed by atoms with Crippen LogP contribution in [0.25, 0.3) is 0 Å². The van der Waals surface area contributed by atoms with Gasteiger partial charge in [0.15, 0.2) is 0 Å². The lowest BCUT2D eigenvalue weighted by Crippen LogP contribution is -2.19. The van der Waals surface area contributed by atoms with Crippen LogP contribution >= 0.6 is 39.1 Å². The summed E-state index contributed by atoms with van der Waals surface area (Å²) in [4.78, 5) is 3.91. The number of rotatable bonds is 2. The standard InChI is InChI=1S/C9H10BrCl2N/c1-9(2,5-10)6-3-8(12)13-4-7(6)11/h3-4H,5H2,1-2H3. The Hall–Kier alpha value is 0.210. The molecule has 0 fully saturated rings. The molecule has 0 aromatic carbocycles. The number of alkyl halides is 1. The SMILES string of the molecule is CC(C)(CBr)c1cc(Cl)ncc1Cl. The van der Waals surface area contributed by atoms with Crippen LogP contribution in [0.5, 0.6) is 0 Å². The van der Waals surface area contributed by atoms with Gasteiger partial charge in [0.2, 0.25) is 0 Å². The van der Waals surface area contributed by atoms with Crippen LogP contribution in [0, 0.1) is 0 Å². The van der Waals surface area contributed by atoms with Crippen molar-refractivity contribution in [2.24, 2.45) is 0 Å². The fourth-order valence-corrected chi connectivity index (χ4v) is 1.82. The van der Waals surface area contributed by atoms with Crippen molar-refractivity contribution in [1.82, 2.24) is 4.98 Å². The smallest absolute Gasteiger partial charge is 0.129 e. The number of hydrogen-bond donors (Lipinski definition) is 0. The zero-order valence-corrected chi connectivity index (χ0v) is 10.5. The van der Waals surface area contributed by atoms with Gasteiger partial charge in [-0.15, -0.1) is 0 Å². The Morgan fingerprint density at radius 2 is 2.08 bits per heavy atom. The highest BCUT2D eigenvalue weighted by Gasteiger charge is 2.22. The van der Waals surface area contributed by atoms with E-state index in [-0.39, 0.29) is 5.41 Å². The minimum Gasteiger partial charge on any atom is -0.243 e. The zero-order chi connectivity index (χ0) is 10.1. The molecule has 1 nitrogen and oxygen atoms in total. The minimum absolute atomic E-state index is 0.0241. The second-order valence-electron chi connectivity index (χ2n) is 3.50.